The van der Waals surface area contributed by atoms with E-state index in [1.165, 1.54) is 47.1 Å². The maximum Gasteiger partial charge on any atom is 0.248 e. The summed E-state index contributed by atoms with van der Waals surface area (Å²) in [4.78, 5) is 14.1. The molecule has 0 spiro atoms. The van der Waals surface area contributed by atoms with Crippen molar-refractivity contribution in [3.05, 3.63) is 35.2 Å². The normalized spacial score (nSPS) is 13.8. The van der Waals surface area contributed by atoms with Crippen molar-refractivity contribution in [1.29, 1.82) is 0 Å². The van der Waals surface area contributed by atoms with Crippen molar-refractivity contribution in [3.63, 3.8) is 0 Å². The molecule has 0 atom stereocenters. The third kappa shape index (κ3) is 2.41. The molecule has 2 aromatic heterocycles. The van der Waals surface area contributed by atoms with Gasteiger partial charge in [-0.2, -0.15) is 5.10 Å². The van der Waals surface area contributed by atoms with E-state index in [0.29, 0.717) is 5.82 Å². The number of thiophene rings is 1. The van der Waals surface area contributed by atoms with E-state index in [1.54, 1.807) is 4.68 Å². The van der Waals surface area contributed by atoms with E-state index in [-0.39, 0.29) is 5.91 Å². The van der Waals surface area contributed by atoms with Gasteiger partial charge in [-0.15, -0.1) is 11.3 Å². The summed E-state index contributed by atoms with van der Waals surface area (Å²) in [5.41, 5.74) is 2.39. The molecule has 4 nitrogen and oxygen atoms in total. The van der Waals surface area contributed by atoms with Crippen LogP contribution in [-0.4, -0.2) is 15.7 Å². The van der Waals surface area contributed by atoms with Crippen molar-refractivity contribution in [3.8, 4) is 10.6 Å². The lowest BCUT2D eigenvalue weighted by molar-refractivity contribution is -0.111. The van der Waals surface area contributed by atoms with E-state index < -0.39 is 0 Å². The number of anilines is 1. The number of amides is 1. The minimum atomic E-state index is -0.218. The molecule has 0 saturated heterocycles. The van der Waals surface area contributed by atoms with Gasteiger partial charge in [-0.25, -0.2) is 0 Å². The Morgan fingerprint density at radius 3 is 3.00 bits per heavy atom. The minimum absolute atomic E-state index is 0.218. The number of rotatable bonds is 3. The highest BCUT2D eigenvalue weighted by atomic mass is 32.1. The fourth-order valence-corrected chi connectivity index (χ4v) is 3.71. The molecule has 0 saturated carbocycles. The van der Waals surface area contributed by atoms with Crippen LogP contribution < -0.4 is 5.32 Å². The molecule has 3 rings (SSSR count). The summed E-state index contributed by atoms with van der Waals surface area (Å²) >= 11 is 1.83. The Hall–Kier alpha value is -1.88. The summed E-state index contributed by atoms with van der Waals surface area (Å²) < 4.78 is 1.69. The van der Waals surface area contributed by atoms with Crippen LogP contribution in [0.2, 0.25) is 0 Å². The molecule has 20 heavy (non-hydrogen) atoms. The number of nitrogens with zero attached hydrogens (tertiary/aromatic N) is 2. The molecular formula is C15H17N3OS. The topological polar surface area (TPSA) is 46.9 Å². The van der Waals surface area contributed by atoms with E-state index in [4.69, 9.17) is 0 Å². The first kappa shape index (κ1) is 13.1. The van der Waals surface area contributed by atoms with Gasteiger partial charge in [0.1, 0.15) is 11.5 Å². The third-order valence-electron chi connectivity index (χ3n) is 3.57. The molecule has 0 fully saturated rings. The lowest BCUT2D eigenvalue weighted by Crippen LogP contribution is -2.10. The first-order valence-corrected chi connectivity index (χ1v) is 7.58. The fraction of sp³-hybridized carbons (Fsp3) is 0.333. The third-order valence-corrected chi connectivity index (χ3v) is 4.83. The number of hydrogen-bond donors (Lipinski definition) is 1. The van der Waals surface area contributed by atoms with Gasteiger partial charge in [-0.3, -0.25) is 9.48 Å². The molecule has 0 aromatic carbocycles. The van der Waals surface area contributed by atoms with Crippen molar-refractivity contribution in [1.82, 2.24) is 9.78 Å². The molecule has 1 N–H and O–H groups in total. The fourth-order valence-electron chi connectivity index (χ4n) is 2.50. The molecule has 104 valence electrons. The molecule has 0 unspecified atom stereocenters. The molecule has 0 aliphatic heterocycles. The van der Waals surface area contributed by atoms with Crippen molar-refractivity contribution >= 4 is 23.1 Å². The lowest BCUT2D eigenvalue weighted by Gasteiger charge is -2.08. The Kier molecular flexibility index (Phi) is 3.44. The second-order valence-corrected chi connectivity index (χ2v) is 6.13. The first-order chi connectivity index (χ1) is 9.67. The van der Waals surface area contributed by atoms with Crippen molar-refractivity contribution in [2.24, 2.45) is 7.05 Å². The maximum absolute atomic E-state index is 11.4. The average molecular weight is 287 g/mol. The second-order valence-electron chi connectivity index (χ2n) is 5.00. The highest BCUT2D eigenvalue weighted by Crippen LogP contribution is 2.35. The summed E-state index contributed by atoms with van der Waals surface area (Å²) in [6, 6.07) is 4.17. The minimum Gasteiger partial charge on any atom is -0.307 e. The van der Waals surface area contributed by atoms with Crippen LogP contribution in [0.25, 0.3) is 10.6 Å². The van der Waals surface area contributed by atoms with E-state index in [9.17, 15) is 4.79 Å². The van der Waals surface area contributed by atoms with Gasteiger partial charge in [0.2, 0.25) is 5.91 Å². The molecule has 1 aliphatic carbocycles. The Labute approximate surface area is 122 Å². The van der Waals surface area contributed by atoms with E-state index in [0.717, 1.165) is 5.69 Å². The average Bonchev–Trinajstić information content (AvgIpc) is 3.02. The van der Waals surface area contributed by atoms with Crippen LogP contribution in [0.3, 0.4) is 0 Å². The van der Waals surface area contributed by atoms with Crippen LogP contribution in [0.1, 0.15) is 23.3 Å². The molecule has 1 amide bonds. The van der Waals surface area contributed by atoms with Crippen LogP contribution in [0.4, 0.5) is 5.82 Å². The number of nitrogens with one attached hydrogen (secondary N) is 1. The van der Waals surface area contributed by atoms with Gasteiger partial charge >= 0.3 is 0 Å². The zero-order chi connectivity index (χ0) is 14.1. The van der Waals surface area contributed by atoms with Crippen molar-refractivity contribution in [2.75, 3.05) is 5.32 Å². The summed E-state index contributed by atoms with van der Waals surface area (Å²) in [6.45, 7) is 3.46. The van der Waals surface area contributed by atoms with E-state index in [1.807, 2.05) is 24.5 Å². The van der Waals surface area contributed by atoms with Gasteiger partial charge in [0.25, 0.3) is 0 Å². The molecule has 2 heterocycles. The van der Waals surface area contributed by atoms with Gasteiger partial charge in [-0.1, -0.05) is 6.58 Å². The number of fused-ring (bicyclic) bond motifs is 1. The Morgan fingerprint density at radius 2 is 2.25 bits per heavy atom. The van der Waals surface area contributed by atoms with Crippen molar-refractivity contribution in [2.45, 2.75) is 25.7 Å². The van der Waals surface area contributed by atoms with Crippen LogP contribution in [-0.2, 0) is 24.7 Å². The zero-order valence-electron chi connectivity index (χ0n) is 11.5. The predicted molar refractivity (Wildman–Crippen MR) is 82.0 cm³/mol. The molecule has 2 aromatic rings. The van der Waals surface area contributed by atoms with Gasteiger partial charge in [0, 0.05) is 18.0 Å². The zero-order valence-corrected chi connectivity index (χ0v) is 12.3. The Balaban J connectivity index is 1.90. The van der Waals surface area contributed by atoms with Crippen LogP contribution in [0, 0.1) is 0 Å². The number of carbonyl (C=O) groups excluding carboxylic acids is 1. The molecule has 5 heteroatoms. The number of aryl methyl sites for hydroxylation is 3. The number of carbonyl (C=O) groups is 1. The van der Waals surface area contributed by atoms with Gasteiger partial charge in [-0.05, 0) is 43.4 Å². The number of aromatic nitrogens is 2. The Bertz CT molecular complexity index is 645. The lowest BCUT2D eigenvalue weighted by atomic mass is 9.99. The van der Waals surface area contributed by atoms with Crippen LogP contribution >= 0.6 is 11.3 Å². The second kappa shape index (κ2) is 5.25. The van der Waals surface area contributed by atoms with E-state index in [2.05, 4.69) is 23.1 Å². The van der Waals surface area contributed by atoms with Crippen LogP contribution in [0.5, 0.6) is 0 Å². The predicted octanol–water partition coefficient (Wildman–Crippen LogP) is 3.15. The molecule has 0 radical (unpaired) electrons. The summed E-state index contributed by atoms with van der Waals surface area (Å²) in [5, 5.41) is 7.25. The summed E-state index contributed by atoms with van der Waals surface area (Å²) in [7, 11) is 1.83. The molecular weight excluding hydrogens is 270 g/mol. The quantitative estimate of drug-likeness (QED) is 0.882. The highest BCUT2D eigenvalue weighted by Gasteiger charge is 2.16. The first-order valence-electron chi connectivity index (χ1n) is 6.77. The van der Waals surface area contributed by atoms with Gasteiger partial charge in [0.15, 0.2) is 0 Å². The largest absolute Gasteiger partial charge is 0.307 e. The van der Waals surface area contributed by atoms with Gasteiger partial charge < -0.3 is 5.32 Å². The smallest absolute Gasteiger partial charge is 0.248 e. The monoisotopic (exact) mass is 287 g/mol. The summed E-state index contributed by atoms with van der Waals surface area (Å²) in [5.74, 6) is 0.473. The Morgan fingerprint density at radius 1 is 1.45 bits per heavy atom. The molecule has 0 bridgehead atoms. The van der Waals surface area contributed by atoms with E-state index >= 15 is 0 Å². The highest BCUT2D eigenvalue weighted by molar-refractivity contribution is 7.15. The summed E-state index contributed by atoms with van der Waals surface area (Å²) in [6.07, 6.45) is 6.20. The van der Waals surface area contributed by atoms with Crippen molar-refractivity contribution < 1.29 is 4.79 Å². The number of hydrogen-bond acceptors (Lipinski definition) is 3. The van der Waals surface area contributed by atoms with Gasteiger partial charge in [0.05, 0.1) is 4.88 Å². The standard InChI is InChI=1S/C15H17N3OS/c1-3-15(19)16-14-9-11(17-18(14)2)13-8-10-6-4-5-7-12(10)20-13/h3,8-9H,1,4-7H2,2H3,(H,16,19). The molecule has 1 aliphatic rings. The SMILES string of the molecule is C=CC(=O)Nc1cc(-c2cc3c(s2)CCCC3)nn1C. The van der Waals surface area contributed by atoms with Crippen LogP contribution in [0.15, 0.2) is 24.8 Å². The maximum atomic E-state index is 11.4.